The molecule has 0 radical (unpaired) electrons. The Morgan fingerprint density at radius 3 is 2.48 bits per heavy atom. The first-order valence-electron chi connectivity index (χ1n) is 9.77. The maximum Gasteiger partial charge on any atom is 0.241 e. The molecule has 1 aromatic carbocycles. The number of hydrogen-bond donors (Lipinski definition) is 0. The summed E-state index contributed by atoms with van der Waals surface area (Å²) >= 11 is 0. The second-order valence-corrected chi connectivity index (χ2v) is 7.56. The molecule has 2 aromatic rings. The standard InChI is InChI=1S/C20H27N5O2/c1-23-11-13-25(14-12-23)20(26)17-7-9-24(10-8-17)15-18-21-19(22-27-18)16-5-3-2-4-6-16/h2-6,17H,7-15H2,1H3. The molecule has 2 aliphatic rings. The minimum Gasteiger partial charge on any atom is -0.340 e. The Morgan fingerprint density at radius 1 is 1.07 bits per heavy atom. The first kappa shape index (κ1) is 18.1. The minimum absolute atomic E-state index is 0.159. The molecule has 0 unspecified atom stereocenters. The number of aromatic nitrogens is 2. The van der Waals surface area contributed by atoms with E-state index in [-0.39, 0.29) is 5.92 Å². The molecule has 7 heteroatoms. The second kappa shape index (κ2) is 8.19. The molecule has 0 spiro atoms. The fourth-order valence-electron chi connectivity index (χ4n) is 3.84. The van der Waals surface area contributed by atoms with E-state index in [2.05, 4.69) is 27.0 Å². The highest BCUT2D eigenvalue weighted by Gasteiger charge is 2.30. The normalized spacial score (nSPS) is 20.1. The van der Waals surface area contributed by atoms with E-state index in [4.69, 9.17) is 4.52 Å². The van der Waals surface area contributed by atoms with Crippen LogP contribution < -0.4 is 0 Å². The average Bonchev–Trinajstić information content (AvgIpc) is 3.18. The quantitative estimate of drug-likeness (QED) is 0.818. The molecular weight excluding hydrogens is 342 g/mol. The van der Waals surface area contributed by atoms with Gasteiger partial charge in [-0.05, 0) is 33.0 Å². The molecule has 4 rings (SSSR count). The van der Waals surface area contributed by atoms with Gasteiger partial charge in [0.15, 0.2) is 0 Å². The van der Waals surface area contributed by atoms with E-state index in [1.165, 1.54) is 0 Å². The van der Waals surface area contributed by atoms with Gasteiger partial charge in [0.2, 0.25) is 17.6 Å². The van der Waals surface area contributed by atoms with Crippen LogP contribution in [0.3, 0.4) is 0 Å². The van der Waals surface area contributed by atoms with Crippen molar-refractivity contribution in [2.75, 3.05) is 46.3 Å². The molecule has 7 nitrogen and oxygen atoms in total. The molecule has 2 aliphatic heterocycles. The van der Waals surface area contributed by atoms with E-state index in [1.54, 1.807) is 0 Å². The summed E-state index contributed by atoms with van der Waals surface area (Å²) in [4.78, 5) is 23.9. The van der Waals surface area contributed by atoms with E-state index in [0.29, 0.717) is 24.2 Å². The van der Waals surface area contributed by atoms with Crippen LogP contribution in [0.1, 0.15) is 18.7 Å². The van der Waals surface area contributed by atoms with Gasteiger partial charge in [0, 0.05) is 37.7 Å². The van der Waals surface area contributed by atoms with Gasteiger partial charge >= 0.3 is 0 Å². The maximum absolute atomic E-state index is 12.7. The van der Waals surface area contributed by atoms with E-state index < -0.39 is 0 Å². The van der Waals surface area contributed by atoms with E-state index >= 15 is 0 Å². The van der Waals surface area contributed by atoms with Crippen molar-refractivity contribution in [2.45, 2.75) is 19.4 Å². The Bertz CT molecular complexity index is 747. The Kier molecular flexibility index (Phi) is 5.50. The van der Waals surface area contributed by atoms with Crippen LogP contribution in [-0.2, 0) is 11.3 Å². The zero-order valence-electron chi connectivity index (χ0n) is 15.9. The highest BCUT2D eigenvalue weighted by atomic mass is 16.5. The number of amides is 1. The lowest BCUT2D eigenvalue weighted by Gasteiger charge is -2.37. The summed E-state index contributed by atoms with van der Waals surface area (Å²) in [5.41, 5.74) is 0.962. The Labute approximate surface area is 159 Å². The average molecular weight is 369 g/mol. The largest absolute Gasteiger partial charge is 0.340 e. The van der Waals surface area contributed by atoms with Gasteiger partial charge in [-0.15, -0.1) is 0 Å². The molecule has 144 valence electrons. The van der Waals surface area contributed by atoms with Crippen LogP contribution in [0.5, 0.6) is 0 Å². The summed E-state index contributed by atoms with van der Waals surface area (Å²) in [5, 5.41) is 4.08. The molecule has 2 saturated heterocycles. The maximum atomic E-state index is 12.7. The van der Waals surface area contributed by atoms with Crippen LogP contribution in [0.25, 0.3) is 11.4 Å². The molecule has 0 aliphatic carbocycles. The number of carbonyl (C=O) groups is 1. The first-order chi connectivity index (χ1) is 13.2. The van der Waals surface area contributed by atoms with Gasteiger partial charge < -0.3 is 14.3 Å². The number of piperazine rings is 1. The van der Waals surface area contributed by atoms with Crippen molar-refractivity contribution < 1.29 is 9.32 Å². The monoisotopic (exact) mass is 369 g/mol. The second-order valence-electron chi connectivity index (χ2n) is 7.56. The highest BCUT2D eigenvalue weighted by molar-refractivity contribution is 5.79. The minimum atomic E-state index is 0.159. The van der Waals surface area contributed by atoms with Crippen molar-refractivity contribution in [1.29, 1.82) is 0 Å². The van der Waals surface area contributed by atoms with Crippen molar-refractivity contribution in [3.05, 3.63) is 36.2 Å². The molecule has 1 aromatic heterocycles. The predicted molar refractivity (Wildman–Crippen MR) is 102 cm³/mol. The van der Waals surface area contributed by atoms with Crippen LogP contribution in [0, 0.1) is 5.92 Å². The molecule has 0 bridgehead atoms. The van der Waals surface area contributed by atoms with Crippen LogP contribution >= 0.6 is 0 Å². The summed E-state index contributed by atoms with van der Waals surface area (Å²) in [6, 6.07) is 9.85. The molecule has 0 saturated carbocycles. The smallest absolute Gasteiger partial charge is 0.241 e. The van der Waals surface area contributed by atoms with Crippen LogP contribution in [0.4, 0.5) is 0 Å². The number of likely N-dealkylation sites (tertiary alicyclic amines) is 1. The van der Waals surface area contributed by atoms with Gasteiger partial charge in [-0.25, -0.2) is 0 Å². The van der Waals surface area contributed by atoms with Crippen LogP contribution in [0.15, 0.2) is 34.9 Å². The SMILES string of the molecule is CN1CCN(C(=O)C2CCN(Cc3nc(-c4ccccc4)no3)CC2)CC1. The molecule has 0 N–H and O–H groups in total. The number of piperidine rings is 1. The lowest BCUT2D eigenvalue weighted by atomic mass is 9.95. The van der Waals surface area contributed by atoms with Crippen LogP contribution in [-0.4, -0.2) is 77.1 Å². The predicted octanol–water partition coefficient (Wildman–Crippen LogP) is 1.72. The van der Waals surface area contributed by atoms with Crippen molar-refractivity contribution in [2.24, 2.45) is 5.92 Å². The topological polar surface area (TPSA) is 65.7 Å². The third kappa shape index (κ3) is 4.36. The third-order valence-electron chi connectivity index (χ3n) is 5.61. The van der Waals surface area contributed by atoms with E-state index in [1.807, 2.05) is 35.2 Å². The Morgan fingerprint density at radius 2 is 1.78 bits per heavy atom. The number of hydrogen-bond acceptors (Lipinski definition) is 6. The molecule has 2 fully saturated rings. The number of carbonyl (C=O) groups excluding carboxylic acids is 1. The zero-order chi connectivity index (χ0) is 18.6. The number of nitrogens with zero attached hydrogens (tertiary/aromatic N) is 5. The fourth-order valence-corrected chi connectivity index (χ4v) is 3.84. The summed E-state index contributed by atoms with van der Waals surface area (Å²) in [7, 11) is 2.11. The van der Waals surface area contributed by atoms with Gasteiger partial charge in [-0.2, -0.15) is 4.98 Å². The summed E-state index contributed by atoms with van der Waals surface area (Å²) in [5.74, 6) is 1.77. The van der Waals surface area contributed by atoms with E-state index in [0.717, 1.165) is 57.7 Å². The number of likely N-dealkylation sites (N-methyl/N-ethyl adjacent to an activating group) is 1. The van der Waals surface area contributed by atoms with Gasteiger partial charge in [-0.1, -0.05) is 35.5 Å². The zero-order valence-corrected chi connectivity index (χ0v) is 15.9. The lowest BCUT2D eigenvalue weighted by molar-refractivity contribution is -0.138. The van der Waals surface area contributed by atoms with Gasteiger partial charge in [0.25, 0.3) is 0 Å². The molecule has 0 atom stereocenters. The highest BCUT2D eigenvalue weighted by Crippen LogP contribution is 2.22. The molecule has 1 amide bonds. The van der Waals surface area contributed by atoms with Gasteiger partial charge in [-0.3, -0.25) is 9.69 Å². The number of benzene rings is 1. The number of rotatable bonds is 4. The van der Waals surface area contributed by atoms with Gasteiger partial charge in [0.1, 0.15) is 0 Å². The first-order valence-corrected chi connectivity index (χ1v) is 9.77. The van der Waals surface area contributed by atoms with Gasteiger partial charge in [0.05, 0.1) is 6.54 Å². The Balaban J connectivity index is 1.27. The van der Waals surface area contributed by atoms with Crippen LogP contribution in [0.2, 0.25) is 0 Å². The van der Waals surface area contributed by atoms with Crippen molar-refractivity contribution >= 4 is 5.91 Å². The summed E-state index contributed by atoms with van der Waals surface area (Å²) in [6.07, 6.45) is 1.82. The van der Waals surface area contributed by atoms with Crippen molar-refractivity contribution in [3.8, 4) is 11.4 Å². The summed E-state index contributed by atoms with van der Waals surface area (Å²) < 4.78 is 5.42. The Hall–Kier alpha value is -2.25. The molecule has 3 heterocycles. The van der Waals surface area contributed by atoms with Crippen molar-refractivity contribution in [3.63, 3.8) is 0 Å². The summed E-state index contributed by atoms with van der Waals surface area (Å²) in [6.45, 7) is 6.12. The molecular formula is C20H27N5O2. The molecule has 27 heavy (non-hydrogen) atoms. The van der Waals surface area contributed by atoms with E-state index in [9.17, 15) is 4.79 Å². The van der Waals surface area contributed by atoms with Crippen molar-refractivity contribution in [1.82, 2.24) is 24.8 Å². The lowest BCUT2D eigenvalue weighted by Crippen LogP contribution is -2.50. The third-order valence-corrected chi connectivity index (χ3v) is 5.61. The fraction of sp³-hybridized carbons (Fsp3) is 0.550.